The van der Waals surface area contributed by atoms with Gasteiger partial charge >= 0.3 is 0 Å². The minimum absolute atomic E-state index is 0.0631. The van der Waals surface area contributed by atoms with Crippen molar-refractivity contribution in [2.45, 2.75) is 38.5 Å². The van der Waals surface area contributed by atoms with E-state index < -0.39 is 0 Å². The lowest BCUT2D eigenvalue weighted by Crippen LogP contribution is -2.14. The Morgan fingerprint density at radius 2 is 0.694 bits per heavy atom. The maximum Gasteiger partial charge on any atom is 0.0159 e. The molecule has 62 heavy (non-hydrogen) atoms. The Balaban J connectivity index is 1.10. The van der Waals surface area contributed by atoms with Crippen LogP contribution in [0, 0.1) is 0 Å². The number of hydrogen-bond acceptors (Lipinski definition) is 0. The summed E-state index contributed by atoms with van der Waals surface area (Å²) in [6, 6.07) is 73.6. The summed E-state index contributed by atoms with van der Waals surface area (Å²) in [5, 5.41) is 5.24. The Labute approximate surface area is 363 Å². The molecule has 292 valence electrons. The lowest BCUT2D eigenvalue weighted by molar-refractivity contribution is 0.660. The third-order valence-electron chi connectivity index (χ3n) is 14.8. The average Bonchev–Trinajstić information content (AvgIpc) is 3.86. The minimum Gasteiger partial charge on any atom is -0.0622 e. The zero-order valence-corrected chi connectivity index (χ0v) is 35.5. The summed E-state index contributed by atoms with van der Waals surface area (Å²) < 4.78 is 0. The van der Waals surface area contributed by atoms with Crippen molar-refractivity contribution in [3.8, 4) is 89.0 Å². The molecule has 0 heterocycles. The first-order chi connectivity index (χ1) is 30.3. The number of benzene rings is 10. The number of hydrogen-bond donors (Lipinski definition) is 0. The van der Waals surface area contributed by atoms with Gasteiger partial charge in [-0.25, -0.2) is 0 Å². The molecule has 0 aliphatic heterocycles. The Morgan fingerprint density at radius 1 is 0.242 bits per heavy atom. The molecule has 0 atom stereocenters. The van der Waals surface area contributed by atoms with Crippen LogP contribution < -0.4 is 0 Å². The Bertz CT molecular complexity index is 3540. The van der Waals surface area contributed by atoms with Gasteiger partial charge < -0.3 is 0 Å². The largest absolute Gasteiger partial charge is 0.0622 e. The van der Waals surface area contributed by atoms with Crippen LogP contribution in [0.1, 0.15) is 49.9 Å². The Kier molecular flexibility index (Phi) is 7.23. The van der Waals surface area contributed by atoms with E-state index in [4.69, 9.17) is 0 Å². The standard InChI is InChI=1S/C62H44/c1-61(2)54-21-13-11-19-44(54)46-27-23-41(35-56(46)61)40-25-29-48-50(31-40)52-33-43(38-17-9-6-10-18-38)34-53-58(42-26-28-47-45-20-12-14-22-55(45)62(3,4)57(47)36-42)49-30-24-39(37-15-7-5-8-16-37)32-51(49)59(48)60(52)53/h5-36H,1-4H3. The van der Waals surface area contributed by atoms with Gasteiger partial charge in [0.1, 0.15) is 0 Å². The highest BCUT2D eigenvalue weighted by Gasteiger charge is 2.37. The smallest absolute Gasteiger partial charge is 0.0159 e. The van der Waals surface area contributed by atoms with Crippen molar-refractivity contribution in [2.24, 2.45) is 0 Å². The van der Waals surface area contributed by atoms with Gasteiger partial charge in [0.05, 0.1) is 0 Å². The van der Waals surface area contributed by atoms with Gasteiger partial charge in [0.15, 0.2) is 0 Å². The van der Waals surface area contributed by atoms with E-state index in [1.807, 2.05) is 0 Å². The maximum absolute atomic E-state index is 2.51. The van der Waals surface area contributed by atoms with Crippen molar-refractivity contribution in [3.05, 3.63) is 216 Å². The van der Waals surface area contributed by atoms with Crippen LogP contribution in [0.2, 0.25) is 0 Å². The highest BCUT2D eigenvalue weighted by atomic mass is 14.4. The summed E-state index contributed by atoms with van der Waals surface area (Å²) in [5.41, 5.74) is 26.1. The maximum atomic E-state index is 2.51. The molecule has 0 unspecified atom stereocenters. The van der Waals surface area contributed by atoms with Crippen molar-refractivity contribution in [2.75, 3.05) is 0 Å². The topological polar surface area (TPSA) is 0 Å². The highest BCUT2D eigenvalue weighted by Crippen LogP contribution is 2.58. The molecule has 0 heteroatoms. The van der Waals surface area contributed by atoms with Gasteiger partial charge in [-0.2, -0.15) is 0 Å². The molecule has 10 aromatic carbocycles. The molecular weight excluding hydrogens is 745 g/mol. The molecule has 0 radical (unpaired) electrons. The first-order valence-electron chi connectivity index (χ1n) is 22.1. The molecule has 3 aliphatic rings. The summed E-state index contributed by atoms with van der Waals surface area (Å²) >= 11 is 0. The second-order valence-corrected chi connectivity index (χ2v) is 18.8. The summed E-state index contributed by atoms with van der Waals surface area (Å²) in [7, 11) is 0. The van der Waals surface area contributed by atoms with E-state index in [-0.39, 0.29) is 10.8 Å². The second-order valence-electron chi connectivity index (χ2n) is 18.8. The Morgan fingerprint density at radius 3 is 1.34 bits per heavy atom. The SMILES string of the molecule is CC1(C)c2ccccc2-c2ccc(-c3ccc4c(c3)-c3cc(-c5ccccc5)cc5c(-c6ccc7c(c6)C(C)(C)c6ccccc6-7)c6ccc(-c7ccccc7)cc6c-4c35)cc21. The molecule has 0 aromatic heterocycles. The molecule has 0 spiro atoms. The highest BCUT2D eigenvalue weighted by molar-refractivity contribution is 6.30. The fourth-order valence-electron chi connectivity index (χ4n) is 11.7. The van der Waals surface area contributed by atoms with E-state index in [1.165, 1.54) is 133 Å². The van der Waals surface area contributed by atoms with Crippen molar-refractivity contribution < 1.29 is 0 Å². The van der Waals surface area contributed by atoms with E-state index in [0.717, 1.165) is 0 Å². The first-order valence-corrected chi connectivity index (χ1v) is 22.1. The molecule has 10 aromatic rings. The van der Waals surface area contributed by atoms with E-state index in [0.29, 0.717) is 0 Å². The van der Waals surface area contributed by atoms with Crippen molar-refractivity contribution in [3.63, 3.8) is 0 Å². The zero-order chi connectivity index (χ0) is 41.5. The van der Waals surface area contributed by atoms with Crippen LogP contribution >= 0.6 is 0 Å². The molecule has 0 saturated carbocycles. The molecule has 0 fully saturated rings. The van der Waals surface area contributed by atoms with E-state index in [9.17, 15) is 0 Å². The third-order valence-corrected chi connectivity index (χ3v) is 14.8. The van der Waals surface area contributed by atoms with Crippen LogP contribution in [-0.4, -0.2) is 0 Å². The Hall–Kier alpha value is -7.28. The van der Waals surface area contributed by atoms with Gasteiger partial charge in [0, 0.05) is 10.8 Å². The molecule has 0 bridgehead atoms. The quantitative estimate of drug-likeness (QED) is 0.156. The molecule has 0 amide bonds. The van der Waals surface area contributed by atoms with Crippen LogP contribution in [0.3, 0.4) is 0 Å². The predicted molar refractivity (Wildman–Crippen MR) is 263 cm³/mol. The fraction of sp³-hybridized carbons (Fsp3) is 0.0968. The summed E-state index contributed by atoms with van der Waals surface area (Å²) in [4.78, 5) is 0. The molecule has 0 saturated heterocycles. The lowest BCUT2D eigenvalue weighted by atomic mass is 9.80. The van der Waals surface area contributed by atoms with Crippen LogP contribution in [0.25, 0.3) is 111 Å². The summed E-state index contributed by atoms with van der Waals surface area (Å²) in [5.74, 6) is 0. The molecular formula is C62H44. The average molecular weight is 789 g/mol. The third kappa shape index (κ3) is 4.84. The van der Waals surface area contributed by atoms with Crippen molar-refractivity contribution in [1.29, 1.82) is 0 Å². The molecule has 0 nitrogen and oxygen atoms in total. The predicted octanol–water partition coefficient (Wildman–Crippen LogP) is 16.9. The molecule has 3 aliphatic carbocycles. The minimum atomic E-state index is -0.107. The van der Waals surface area contributed by atoms with Gasteiger partial charge in [-0.15, -0.1) is 0 Å². The second kappa shape index (κ2) is 12.6. The van der Waals surface area contributed by atoms with Gasteiger partial charge in [0.25, 0.3) is 0 Å². The van der Waals surface area contributed by atoms with E-state index in [2.05, 4.69) is 222 Å². The number of rotatable bonds is 4. The van der Waals surface area contributed by atoms with Gasteiger partial charge in [-0.05, 0) is 169 Å². The zero-order valence-electron chi connectivity index (χ0n) is 35.5. The van der Waals surface area contributed by atoms with Crippen molar-refractivity contribution >= 4 is 21.5 Å². The van der Waals surface area contributed by atoms with E-state index in [1.54, 1.807) is 0 Å². The molecule has 0 N–H and O–H groups in total. The summed E-state index contributed by atoms with van der Waals surface area (Å²) in [6.45, 7) is 9.53. The molecule has 13 rings (SSSR count). The van der Waals surface area contributed by atoms with Crippen LogP contribution in [0.5, 0.6) is 0 Å². The summed E-state index contributed by atoms with van der Waals surface area (Å²) in [6.07, 6.45) is 0. The van der Waals surface area contributed by atoms with E-state index >= 15 is 0 Å². The van der Waals surface area contributed by atoms with Crippen molar-refractivity contribution in [1.82, 2.24) is 0 Å². The number of fused-ring (bicyclic) bond motifs is 11. The first kappa shape index (κ1) is 35.5. The van der Waals surface area contributed by atoms with Crippen LogP contribution in [-0.2, 0) is 10.8 Å². The van der Waals surface area contributed by atoms with Gasteiger partial charge in [-0.1, -0.05) is 185 Å². The van der Waals surface area contributed by atoms with Gasteiger partial charge in [-0.3, -0.25) is 0 Å². The fourth-order valence-corrected chi connectivity index (χ4v) is 11.7. The monoisotopic (exact) mass is 788 g/mol. The van der Waals surface area contributed by atoms with Crippen LogP contribution in [0.4, 0.5) is 0 Å². The van der Waals surface area contributed by atoms with Crippen LogP contribution in [0.15, 0.2) is 194 Å². The van der Waals surface area contributed by atoms with Gasteiger partial charge in [0.2, 0.25) is 0 Å². The normalized spacial score (nSPS) is 14.4. The lowest BCUT2D eigenvalue weighted by Gasteiger charge is -2.23.